The molecule has 0 aliphatic carbocycles. The summed E-state index contributed by atoms with van der Waals surface area (Å²) in [4.78, 5) is 12.1. The zero-order chi connectivity index (χ0) is 14.0. The second kappa shape index (κ2) is 5.76. The van der Waals surface area contributed by atoms with Gasteiger partial charge in [0.15, 0.2) is 0 Å². The van der Waals surface area contributed by atoms with Gasteiger partial charge >= 0.3 is 5.97 Å². The van der Waals surface area contributed by atoms with Gasteiger partial charge in [0, 0.05) is 4.47 Å². The predicted octanol–water partition coefficient (Wildman–Crippen LogP) is 4.94. The van der Waals surface area contributed by atoms with E-state index in [1.165, 1.54) is 0 Å². The summed E-state index contributed by atoms with van der Waals surface area (Å²) in [6.07, 6.45) is 0. The van der Waals surface area contributed by atoms with E-state index in [2.05, 4.69) is 15.9 Å². The largest absolute Gasteiger partial charge is 0.423 e. The summed E-state index contributed by atoms with van der Waals surface area (Å²) < 4.78 is 6.11. The smallest absolute Gasteiger partial charge is 0.345 e. The van der Waals surface area contributed by atoms with Gasteiger partial charge < -0.3 is 4.74 Å². The van der Waals surface area contributed by atoms with Crippen LogP contribution in [-0.4, -0.2) is 5.97 Å². The summed E-state index contributed by atoms with van der Waals surface area (Å²) in [7, 11) is 0. The van der Waals surface area contributed by atoms with Gasteiger partial charge in [0.05, 0.1) is 10.6 Å². The molecule has 0 heterocycles. The van der Waals surface area contributed by atoms with Crippen LogP contribution in [0.25, 0.3) is 0 Å². The van der Waals surface area contributed by atoms with Crippen LogP contribution in [0.3, 0.4) is 0 Å². The quantitative estimate of drug-likeness (QED) is 0.572. The Morgan fingerprint density at radius 2 is 1.84 bits per heavy atom. The van der Waals surface area contributed by atoms with E-state index < -0.39 is 5.97 Å². The Balaban J connectivity index is 2.25. The van der Waals surface area contributed by atoms with Crippen LogP contribution in [-0.2, 0) is 0 Å². The Morgan fingerprint density at radius 3 is 2.53 bits per heavy atom. The van der Waals surface area contributed by atoms with Crippen molar-refractivity contribution in [2.75, 3.05) is 0 Å². The monoisotopic (exact) mass is 338 g/mol. The first kappa shape index (κ1) is 14.1. The lowest BCUT2D eigenvalue weighted by Crippen LogP contribution is -2.09. The molecule has 19 heavy (non-hydrogen) atoms. The van der Waals surface area contributed by atoms with E-state index in [1.807, 2.05) is 26.0 Å². The van der Waals surface area contributed by atoms with Crippen LogP contribution in [0.5, 0.6) is 5.75 Å². The van der Waals surface area contributed by atoms with Gasteiger partial charge in [-0.1, -0.05) is 33.6 Å². The number of esters is 1. The van der Waals surface area contributed by atoms with Crippen molar-refractivity contribution in [3.63, 3.8) is 0 Å². The highest BCUT2D eigenvalue weighted by atomic mass is 79.9. The number of carbonyl (C=O) groups excluding carboxylic acids is 1. The molecule has 0 spiro atoms. The van der Waals surface area contributed by atoms with Crippen LogP contribution in [0.15, 0.2) is 40.9 Å². The van der Waals surface area contributed by atoms with Crippen molar-refractivity contribution in [3.8, 4) is 5.75 Å². The topological polar surface area (TPSA) is 26.3 Å². The molecule has 0 aliphatic rings. The minimum Gasteiger partial charge on any atom is -0.423 e. The molecule has 0 amide bonds. The third-order valence-corrected chi connectivity index (χ3v) is 3.66. The Morgan fingerprint density at radius 1 is 1.11 bits per heavy atom. The number of rotatable bonds is 2. The molecule has 0 aromatic heterocycles. The van der Waals surface area contributed by atoms with Crippen molar-refractivity contribution in [2.45, 2.75) is 13.8 Å². The van der Waals surface area contributed by atoms with Crippen LogP contribution >= 0.6 is 27.5 Å². The molecule has 98 valence electrons. The van der Waals surface area contributed by atoms with Crippen molar-refractivity contribution >= 4 is 33.5 Å². The second-order valence-electron chi connectivity index (χ2n) is 4.26. The number of aryl methyl sites for hydroxylation is 2. The molecule has 0 atom stereocenters. The zero-order valence-corrected chi connectivity index (χ0v) is 12.9. The normalized spacial score (nSPS) is 10.3. The summed E-state index contributed by atoms with van der Waals surface area (Å²) in [5, 5.41) is 0.372. The van der Waals surface area contributed by atoms with Gasteiger partial charge in [-0.3, -0.25) is 0 Å². The van der Waals surface area contributed by atoms with Crippen molar-refractivity contribution in [1.29, 1.82) is 0 Å². The number of halogens is 2. The third-order valence-electron chi connectivity index (χ3n) is 2.84. The lowest BCUT2D eigenvalue weighted by atomic mass is 10.1. The number of benzene rings is 2. The van der Waals surface area contributed by atoms with E-state index in [0.717, 1.165) is 15.6 Å². The molecular weight excluding hydrogens is 328 g/mol. The molecule has 0 saturated heterocycles. The average Bonchev–Trinajstić information content (AvgIpc) is 2.36. The Labute approximate surface area is 125 Å². The fourth-order valence-corrected chi connectivity index (χ4v) is 2.15. The zero-order valence-electron chi connectivity index (χ0n) is 10.5. The number of hydrogen-bond donors (Lipinski definition) is 0. The fraction of sp³-hybridized carbons (Fsp3) is 0.133. The fourth-order valence-electron chi connectivity index (χ4n) is 1.59. The van der Waals surface area contributed by atoms with Crippen LogP contribution in [0.2, 0.25) is 5.02 Å². The van der Waals surface area contributed by atoms with Gasteiger partial charge in [-0.25, -0.2) is 4.79 Å². The minimum absolute atomic E-state index is 0.342. The van der Waals surface area contributed by atoms with E-state index in [0.29, 0.717) is 16.3 Å². The van der Waals surface area contributed by atoms with Gasteiger partial charge in [-0.2, -0.15) is 0 Å². The first-order chi connectivity index (χ1) is 8.97. The SMILES string of the molecule is Cc1ccc(OC(=O)c2cc(Br)ccc2Cl)cc1C. The molecule has 0 fully saturated rings. The molecule has 0 bridgehead atoms. The highest BCUT2D eigenvalue weighted by Gasteiger charge is 2.13. The number of ether oxygens (including phenoxy) is 1. The van der Waals surface area contributed by atoms with E-state index in [1.54, 1.807) is 24.3 Å². The van der Waals surface area contributed by atoms with Gasteiger partial charge in [0.25, 0.3) is 0 Å². The van der Waals surface area contributed by atoms with Gasteiger partial charge in [-0.15, -0.1) is 0 Å². The van der Waals surface area contributed by atoms with Crippen LogP contribution < -0.4 is 4.74 Å². The number of hydrogen-bond acceptors (Lipinski definition) is 2. The minimum atomic E-state index is -0.463. The van der Waals surface area contributed by atoms with Crippen molar-refractivity contribution in [2.24, 2.45) is 0 Å². The molecule has 0 aliphatic heterocycles. The van der Waals surface area contributed by atoms with Crippen LogP contribution in [0.4, 0.5) is 0 Å². The Bertz CT molecular complexity index is 638. The van der Waals surface area contributed by atoms with Crippen molar-refractivity contribution in [3.05, 3.63) is 62.6 Å². The van der Waals surface area contributed by atoms with Crippen LogP contribution in [0.1, 0.15) is 21.5 Å². The van der Waals surface area contributed by atoms with Gasteiger partial charge in [0.1, 0.15) is 5.75 Å². The molecule has 0 saturated carbocycles. The first-order valence-electron chi connectivity index (χ1n) is 5.72. The molecular formula is C15H12BrClO2. The van der Waals surface area contributed by atoms with Gasteiger partial charge in [-0.05, 0) is 55.3 Å². The standard InChI is InChI=1S/C15H12BrClO2/c1-9-3-5-12(7-10(9)2)19-15(18)13-8-11(16)4-6-14(13)17/h3-8H,1-2H3. The molecule has 2 nitrogen and oxygen atoms in total. The highest BCUT2D eigenvalue weighted by Crippen LogP contribution is 2.23. The van der Waals surface area contributed by atoms with Crippen molar-refractivity contribution in [1.82, 2.24) is 0 Å². The molecule has 0 N–H and O–H groups in total. The summed E-state index contributed by atoms with van der Waals surface area (Å²) in [6.45, 7) is 3.98. The first-order valence-corrected chi connectivity index (χ1v) is 6.89. The summed E-state index contributed by atoms with van der Waals surface area (Å²) >= 11 is 9.30. The van der Waals surface area contributed by atoms with Crippen LogP contribution in [0, 0.1) is 13.8 Å². The molecule has 4 heteroatoms. The maximum absolute atomic E-state index is 12.1. The molecule has 2 rings (SSSR count). The highest BCUT2D eigenvalue weighted by molar-refractivity contribution is 9.10. The molecule has 2 aromatic carbocycles. The summed E-state index contributed by atoms with van der Waals surface area (Å²) in [6, 6.07) is 10.6. The van der Waals surface area contributed by atoms with E-state index in [4.69, 9.17) is 16.3 Å². The average molecular weight is 340 g/mol. The lowest BCUT2D eigenvalue weighted by molar-refractivity contribution is 0.0735. The summed E-state index contributed by atoms with van der Waals surface area (Å²) in [5.41, 5.74) is 2.57. The Hall–Kier alpha value is -1.32. The Kier molecular flexibility index (Phi) is 4.27. The number of carbonyl (C=O) groups is 1. The molecule has 2 aromatic rings. The van der Waals surface area contributed by atoms with E-state index >= 15 is 0 Å². The maximum Gasteiger partial charge on any atom is 0.345 e. The maximum atomic E-state index is 12.1. The lowest BCUT2D eigenvalue weighted by Gasteiger charge is -2.08. The third kappa shape index (κ3) is 3.37. The predicted molar refractivity (Wildman–Crippen MR) is 80.0 cm³/mol. The van der Waals surface area contributed by atoms with Crippen molar-refractivity contribution < 1.29 is 9.53 Å². The molecule has 0 radical (unpaired) electrons. The van der Waals surface area contributed by atoms with E-state index in [9.17, 15) is 4.79 Å². The molecule has 0 unspecified atom stereocenters. The van der Waals surface area contributed by atoms with Gasteiger partial charge in [0.2, 0.25) is 0 Å². The van der Waals surface area contributed by atoms with E-state index in [-0.39, 0.29) is 0 Å². The summed E-state index contributed by atoms with van der Waals surface area (Å²) in [5.74, 6) is 0.0543. The second-order valence-corrected chi connectivity index (χ2v) is 5.58.